The van der Waals surface area contributed by atoms with Gasteiger partial charge in [0, 0.05) is 30.5 Å². The number of pyridine rings is 1. The molecule has 2 aromatic rings. The van der Waals surface area contributed by atoms with E-state index in [4.69, 9.17) is 5.73 Å². The lowest BCUT2D eigenvalue weighted by Crippen LogP contribution is -2.40. The van der Waals surface area contributed by atoms with E-state index in [0.717, 1.165) is 22.5 Å². The molecule has 0 aromatic carbocycles. The first-order valence-electron chi connectivity index (χ1n) is 6.36. The van der Waals surface area contributed by atoms with Crippen LogP contribution < -0.4 is 10.6 Å². The second kappa shape index (κ2) is 5.17. The van der Waals surface area contributed by atoms with Gasteiger partial charge in [0.2, 0.25) is 0 Å². The summed E-state index contributed by atoms with van der Waals surface area (Å²) in [6.45, 7) is 6.62. The molecule has 19 heavy (non-hydrogen) atoms. The Morgan fingerprint density at radius 2 is 2.16 bits per heavy atom. The van der Waals surface area contributed by atoms with E-state index in [-0.39, 0.29) is 5.54 Å². The first-order chi connectivity index (χ1) is 8.97. The Kier molecular flexibility index (Phi) is 3.75. The summed E-state index contributed by atoms with van der Waals surface area (Å²) < 4.78 is 4.31. The summed E-state index contributed by atoms with van der Waals surface area (Å²) in [6.07, 6.45) is 4.64. The van der Waals surface area contributed by atoms with Crippen LogP contribution in [0.4, 0.5) is 10.8 Å². The molecular weight excluding hydrogens is 256 g/mol. The molecule has 0 atom stereocenters. The van der Waals surface area contributed by atoms with Crippen LogP contribution in [0.3, 0.4) is 0 Å². The molecule has 0 bridgehead atoms. The fraction of sp³-hybridized carbons (Fsp3) is 0.429. The maximum Gasteiger partial charge on any atom is 0.147 e. The third kappa shape index (κ3) is 2.56. The van der Waals surface area contributed by atoms with Gasteiger partial charge in [0.05, 0.1) is 5.56 Å². The number of hydrogen-bond donors (Lipinski definition) is 1. The van der Waals surface area contributed by atoms with Crippen LogP contribution in [0.15, 0.2) is 24.5 Å². The fourth-order valence-electron chi connectivity index (χ4n) is 1.82. The summed E-state index contributed by atoms with van der Waals surface area (Å²) in [5, 5.41) is 1.09. The third-order valence-electron chi connectivity index (χ3n) is 3.73. The van der Waals surface area contributed by atoms with Gasteiger partial charge < -0.3 is 10.6 Å². The molecule has 0 saturated heterocycles. The maximum atomic E-state index is 6.04. The van der Waals surface area contributed by atoms with Crippen molar-refractivity contribution in [1.29, 1.82) is 0 Å². The van der Waals surface area contributed by atoms with Gasteiger partial charge in [-0.05, 0) is 37.9 Å². The van der Waals surface area contributed by atoms with Crippen LogP contribution in [0.1, 0.15) is 27.2 Å². The molecule has 0 radical (unpaired) electrons. The van der Waals surface area contributed by atoms with Crippen LogP contribution in [0.25, 0.3) is 11.1 Å². The first kappa shape index (κ1) is 13.8. The van der Waals surface area contributed by atoms with Crippen LogP contribution in [-0.2, 0) is 0 Å². The Morgan fingerprint density at radius 1 is 1.42 bits per heavy atom. The van der Waals surface area contributed by atoms with Gasteiger partial charge >= 0.3 is 0 Å². The number of nitrogens with zero attached hydrogens (tertiary/aromatic N) is 3. The van der Waals surface area contributed by atoms with Crippen molar-refractivity contribution in [3.63, 3.8) is 0 Å². The minimum atomic E-state index is 0.0654. The highest BCUT2D eigenvalue weighted by Gasteiger charge is 2.26. The van der Waals surface area contributed by atoms with E-state index in [1.165, 1.54) is 11.5 Å². The van der Waals surface area contributed by atoms with E-state index >= 15 is 0 Å². The Bertz CT molecular complexity index is 548. The highest BCUT2D eigenvalue weighted by atomic mass is 32.1. The van der Waals surface area contributed by atoms with Gasteiger partial charge in [-0.2, -0.15) is 4.37 Å². The van der Waals surface area contributed by atoms with Crippen molar-refractivity contribution in [2.24, 2.45) is 0 Å². The zero-order valence-electron chi connectivity index (χ0n) is 11.8. The van der Waals surface area contributed by atoms with Crippen LogP contribution in [0.2, 0.25) is 0 Å². The standard InChI is InChI=1S/C14H20N4S/c1-5-14(2,3)18(4)13-11(12(15)17-19-13)10-7-6-8-16-9-10/h6-9H,5H2,1-4H3,(H2,15,17). The zero-order valence-corrected chi connectivity index (χ0v) is 12.7. The fourth-order valence-corrected chi connectivity index (χ4v) is 2.78. The molecular formula is C14H20N4S. The van der Waals surface area contributed by atoms with Crippen molar-refractivity contribution in [1.82, 2.24) is 9.36 Å². The van der Waals surface area contributed by atoms with E-state index in [1.807, 2.05) is 18.3 Å². The Labute approximate surface area is 118 Å². The Balaban J connectivity index is 2.50. The number of anilines is 2. The second-order valence-corrected chi connectivity index (χ2v) is 5.97. The highest BCUT2D eigenvalue weighted by Crippen LogP contribution is 2.41. The van der Waals surface area contributed by atoms with Crippen molar-refractivity contribution < 1.29 is 0 Å². The van der Waals surface area contributed by atoms with Gasteiger partial charge in [0.25, 0.3) is 0 Å². The minimum Gasteiger partial charge on any atom is -0.382 e. The summed E-state index contributed by atoms with van der Waals surface area (Å²) in [7, 11) is 2.09. The lowest BCUT2D eigenvalue weighted by atomic mass is 9.99. The minimum absolute atomic E-state index is 0.0654. The Morgan fingerprint density at radius 3 is 2.74 bits per heavy atom. The second-order valence-electron chi connectivity index (χ2n) is 5.21. The molecule has 102 valence electrons. The van der Waals surface area contributed by atoms with Gasteiger partial charge in [0.15, 0.2) is 0 Å². The number of nitrogen functional groups attached to an aromatic ring is 1. The maximum absolute atomic E-state index is 6.04. The monoisotopic (exact) mass is 276 g/mol. The van der Waals surface area contributed by atoms with E-state index < -0.39 is 0 Å². The molecule has 0 saturated carbocycles. The van der Waals surface area contributed by atoms with Crippen LogP contribution in [0, 0.1) is 0 Å². The lowest BCUT2D eigenvalue weighted by molar-refractivity contribution is 0.473. The number of nitrogens with two attached hydrogens (primary N) is 1. The van der Waals surface area contributed by atoms with Crippen LogP contribution in [0.5, 0.6) is 0 Å². The molecule has 4 nitrogen and oxygen atoms in total. The average molecular weight is 276 g/mol. The number of rotatable bonds is 4. The third-order valence-corrected chi connectivity index (χ3v) is 4.67. The van der Waals surface area contributed by atoms with E-state index in [9.17, 15) is 0 Å². The molecule has 0 aliphatic rings. The molecule has 0 spiro atoms. The molecule has 0 unspecified atom stereocenters. The van der Waals surface area contributed by atoms with Crippen molar-refractivity contribution in [2.45, 2.75) is 32.7 Å². The summed E-state index contributed by atoms with van der Waals surface area (Å²) >= 11 is 1.44. The van der Waals surface area contributed by atoms with Gasteiger partial charge in [-0.15, -0.1) is 0 Å². The smallest absolute Gasteiger partial charge is 0.147 e. The van der Waals surface area contributed by atoms with Crippen molar-refractivity contribution in [3.05, 3.63) is 24.5 Å². The van der Waals surface area contributed by atoms with Crippen LogP contribution >= 0.6 is 11.5 Å². The molecule has 2 N–H and O–H groups in total. The van der Waals surface area contributed by atoms with Gasteiger partial charge in [-0.25, -0.2) is 0 Å². The van der Waals surface area contributed by atoms with Gasteiger partial charge in [0.1, 0.15) is 10.8 Å². The van der Waals surface area contributed by atoms with Crippen LogP contribution in [-0.4, -0.2) is 21.9 Å². The molecule has 2 rings (SSSR count). The summed E-state index contributed by atoms with van der Waals surface area (Å²) in [6, 6.07) is 3.94. The first-order valence-corrected chi connectivity index (χ1v) is 7.14. The topological polar surface area (TPSA) is 55.0 Å². The largest absolute Gasteiger partial charge is 0.382 e. The lowest BCUT2D eigenvalue weighted by Gasteiger charge is -2.36. The highest BCUT2D eigenvalue weighted by molar-refractivity contribution is 7.11. The van der Waals surface area contributed by atoms with E-state index in [1.54, 1.807) is 6.20 Å². The zero-order chi connectivity index (χ0) is 14.0. The molecule has 0 aliphatic carbocycles. The average Bonchev–Trinajstić information content (AvgIpc) is 2.80. The molecule has 5 heteroatoms. The van der Waals surface area contributed by atoms with Gasteiger partial charge in [-0.3, -0.25) is 4.98 Å². The van der Waals surface area contributed by atoms with Crippen molar-refractivity contribution in [3.8, 4) is 11.1 Å². The predicted octanol–water partition coefficient (Wildman–Crippen LogP) is 3.41. The normalized spacial score (nSPS) is 11.6. The molecule has 0 aliphatic heterocycles. The SMILES string of the molecule is CCC(C)(C)N(C)c1snc(N)c1-c1cccnc1. The predicted molar refractivity (Wildman–Crippen MR) is 82.5 cm³/mol. The molecule has 2 aromatic heterocycles. The summed E-state index contributed by atoms with van der Waals surface area (Å²) in [5.41, 5.74) is 8.11. The summed E-state index contributed by atoms with van der Waals surface area (Å²) in [5.74, 6) is 0.576. The number of aromatic nitrogens is 2. The van der Waals surface area contributed by atoms with E-state index in [2.05, 4.69) is 42.1 Å². The molecule has 2 heterocycles. The number of hydrogen-bond acceptors (Lipinski definition) is 5. The van der Waals surface area contributed by atoms with Gasteiger partial charge in [-0.1, -0.05) is 13.0 Å². The van der Waals surface area contributed by atoms with Crippen molar-refractivity contribution in [2.75, 3.05) is 17.7 Å². The molecule has 0 fully saturated rings. The van der Waals surface area contributed by atoms with E-state index in [0.29, 0.717) is 5.82 Å². The quantitative estimate of drug-likeness (QED) is 0.929. The summed E-state index contributed by atoms with van der Waals surface area (Å²) in [4.78, 5) is 6.42. The Hall–Kier alpha value is -1.62. The molecule has 0 amide bonds. The van der Waals surface area contributed by atoms with Crippen molar-refractivity contribution >= 4 is 22.4 Å².